The Morgan fingerprint density at radius 2 is 1.75 bits per heavy atom. The van der Waals surface area contributed by atoms with Crippen LogP contribution in [0.15, 0.2) is 53.4 Å². The fraction of sp³-hybridized carbons (Fsp3) is 0.200. The number of hydrogen-bond acceptors (Lipinski definition) is 3. The SMILES string of the molecule is CCN(c1cccc(C)c1)S(=O)(=O)c1ccc(O)cc1. The Balaban J connectivity index is 2.47. The van der Waals surface area contributed by atoms with Crippen molar-refractivity contribution in [2.45, 2.75) is 18.7 Å². The topological polar surface area (TPSA) is 57.6 Å². The molecule has 0 saturated heterocycles. The number of phenolic OH excluding ortho intramolecular Hbond substituents is 1. The summed E-state index contributed by atoms with van der Waals surface area (Å²) >= 11 is 0. The van der Waals surface area contributed by atoms with Gasteiger partial charge < -0.3 is 5.11 Å². The Morgan fingerprint density at radius 1 is 1.10 bits per heavy atom. The van der Waals surface area contributed by atoms with Crippen molar-refractivity contribution < 1.29 is 13.5 Å². The van der Waals surface area contributed by atoms with Crippen molar-refractivity contribution in [3.05, 3.63) is 54.1 Å². The zero-order valence-corrected chi connectivity index (χ0v) is 12.3. The molecule has 0 atom stereocenters. The Labute approximate surface area is 119 Å². The van der Waals surface area contributed by atoms with Crippen LogP contribution in [0, 0.1) is 6.92 Å². The lowest BCUT2D eigenvalue weighted by molar-refractivity contribution is 0.475. The van der Waals surface area contributed by atoms with Gasteiger partial charge in [-0.3, -0.25) is 4.31 Å². The second kappa shape index (κ2) is 5.54. The van der Waals surface area contributed by atoms with E-state index in [1.54, 1.807) is 13.0 Å². The number of anilines is 1. The zero-order valence-electron chi connectivity index (χ0n) is 11.4. The number of aryl methyl sites for hydroxylation is 1. The van der Waals surface area contributed by atoms with E-state index in [0.717, 1.165) is 5.56 Å². The van der Waals surface area contributed by atoms with E-state index >= 15 is 0 Å². The summed E-state index contributed by atoms with van der Waals surface area (Å²) in [5.74, 6) is 0.0440. The average Bonchev–Trinajstić information content (AvgIpc) is 2.40. The molecule has 0 fully saturated rings. The normalized spacial score (nSPS) is 11.3. The number of sulfonamides is 1. The van der Waals surface area contributed by atoms with E-state index in [4.69, 9.17) is 0 Å². The molecular formula is C15H17NO3S. The molecule has 2 aromatic carbocycles. The lowest BCUT2D eigenvalue weighted by Gasteiger charge is -2.23. The van der Waals surface area contributed by atoms with Crippen LogP contribution in [0.4, 0.5) is 5.69 Å². The maximum Gasteiger partial charge on any atom is 0.264 e. The van der Waals surface area contributed by atoms with Gasteiger partial charge in [-0.1, -0.05) is 12.1 Å². The number of hydrogen-bond donors (Lipinski definition) is 1. The minimum absolute atomic E-state index is 0.0440. The fourth-order valence-corrected chi connectivity index (χ4v) is 3.49. The van der Waals surface area contributed by atoms with Crippen LogP contribution in [0.5, 0.6) is 5.75 Å². The molecule has 1 N–H and O–H groups in total. The molecule has 2 rings (SSSR count). The highest BCUT2D eigenvalue weighted by molar-refractivity contribution is 7.92. The van der Waals surface area contributed by atoms with Crippen LogP contribution in [-0.4, -0.2) is 20.1 Å². The molecule has 0 aromatic heterocycles. The number of nitrogens with zero attached hydrogens (tertiary/aromatic N) is 1. The third-order valence-electron chi connectivity index (χ3n) is 3.00. The quantitative estimate of drug-likeness (QED) is 0.942. The van der Waals surface area contributed by atoms with E-state index in [0.29, 0.717) is 12.2 Å². The Kier molecular flexibility index (Phi) is 3.99. The van der Waals surface area contributed by atoms with Crippen LogP contribution in [0.1, 0.15) is 12.5 Å². The maximum atomic E-state index is 12.6. The van der Waals surface area contributed by atoms with Crippen LogP contribution in [-0.2, 0) is 10.0 Å². The van der Waals surface area contributed by atoms with Crippen molar-refractivity contribution in [2.24, 2.45) is 0 Å². The molecule has 2 aromatic rings. The molecule has 0 heterocycles. The molecule has 5 heteroatoms. The van der Waals surface area contributed by atoms with Gasteiger partial charge in [-0.15, -0.1) is 0 Å². The Hall–Kier alpha value is -2.01. The van der Waals surface area contributed by atoms with Crippen LogP contribution in [0.25, 0.3) is 0 Å². The smallest absolute Gasteiger partial charge is 0.264 e. The summed E-state index contributed by atoms with van der Waals surface area (Å²) in [6, 6.07) is 12.9. The van der Waals surface area contributed by atoms with Gasteiger partial charge in [0.05, 0.1) is 10.6 Å². The third kappa shape index (κ3) is 2.77. The standard InChI is InChI=1S/C15H17NO3S/c1-3-16(13-6-4-5-12(2)11-13)20(18,19)15-9-7-14(17)8-10-15/h4-11,17H,3H2,1-2H3. The second-order valence-electron chi connectivity index (χ2n) is 4.50. The van der Waals surface area contributed by atoms with Crippen molar-refractivity contribution in [1.29, 1.82) is 0 Å². The van der Waals surface area contributed by atoms with Gasteiger partial charge in [0.1, 0.15) is 5.75 Å². The fourth-order valence-electron chi connectivity index (χ4n) is 2.02. The van der Waals surface area contributed by atoms with Gasteiger partial charge in [0.2, 0.25) is 0 Å². The minimum Gasteiger partial charge on any atom is -0.508 e. The van der Waals surface area contributed by atoms with Crippen LogP contribution in [0.2, 0.25) is 0 Å². The number of phenols is 1. The summed E-state index contributed by atoms with van der Waals surface area (Å²) in [5.41, 5.74) is 1.64. The van der Waals surface area contributed by atoms with Crippen molar-refractivity contribution in [3.8, 4) is 5.75 Å². The lowest BCUT2D eigenvalue weighted by Crippen LogP contribution is -2.30. The van der Waals surface area contributed by atoms with E-state index in [9.17, 15) is 13.5 Å². The van der Waals surface area contributed by atoms with Gasteiger partial charge in [0, 0.05) is 6.54 Å². The molecule has 0 saturated carbocycles. The highest BCUT2D eigenvalue weighted by Crippen LogP contribution is 2.25. The molecular weight excluding hydrogens is 274 g/mol. The number of aromatic hydroxyl groups is 1. The first-order valence-electron chi connectivity index (χ1n) is 6.33. The summed E-state index contributed by atoms with van der Waals surface area (Å²) in [6.45, 7) is 4.05. The van der Waals surface area contributed by atoms with E-state index in [2.05, 4.69) is 0 Å². The Bertz CT molecular complexity index is 693. The van der Waals surface area contributed by atoms with Gasteiger partial charge in [-0.05, 0) is 55.8 Å². The van der Waals surface area contributed by atoms with Crippen molar-refractivity contribution in [2.75, 3.05) is 10.8 Å². The maximum absolute atomic E-state index is 12.6. The van der Waals surface area contributed by atoms with Gasteiger partial charge in [0.15, 0.2) is 0 Å². The Morgan fingerprint density at radius 3 is 2.30 bits per heavy atom. The lowest BCUT2D eigenvalue weighted by atomic mass is 10.2. The summed E-state index contributed by atoms with van der Waals surface area (Å²) in [6.07, 6.45) is 0. The largest absolute Gasteiger partial charge is 0.508 e. The first-order chi connectivity index (χ1) is 9.45. The molecule has 0 aliphatic carbocycles. The molecule has 0 spiro atoms. The van der Waals surface area contributed by atoms with Crippen molar-refractivity contribution in [3.63, 3.8) is 0 Å². The predicted molar refractivity (Wildman–Crippen MR) is 79.5 cm³/mol. The number of benzene rings is 2. The second-order valence-corrected chi connectivity index (χ2v) is 6.37. The summed E-state index contributed by atoms with van der Waals surface area (Å²) in [7, 11) is -3.62. The van der Waals surface area contributed by atoms with Crippen molar-refractivity contribution >= 4 is 15.7 Å². The van der Waals surface area contributed by atoms with Gasteiger partial charge in [-0.25, -0.2) is 8.42 Å². The molecule has 0 unspecified atom stereocenters. The third-order valence-corrected chi connectivity index (χ3v) is 4.92. The molecule has 20 heavy (non-hydrogen) atoms. The molecule has 0 amide bonds. The summed E-state index contributed by atoms with van der Waals surface area (Å²) in [4.78, 5) is 0.165. The van der Waals surface area contributed by atoms with E-state index in [1.807, 2.05) is 25.1 Å². The van der Waals surface area contributed by atoms with Crippen LogP contribution < -0.4 is 4.31 Å². The first kappa shape index (κ1) is 14.4. The van der Waals surface area contributed by atoms with Gasteiger partial charge in [0.25, 0.3) is 10.0 Å². The van der Waals surface area contributed by atoms with Gasteiger partial charge in [-0.2, -0.15) is 0 Å². The number of rotatable bonds is 4. The van der Waals surface area contributed by atoms with E-state index in [-0.39, 0.29) is 10.6 Å². The molecule has 0 bridgehead atoms. The molecule has 0 aliphatic rings. The molecule has 0 radical (unpaired) electrons. The van der Waals surface area contributed by atoms with E-state index in [1.165, 1.54) is 28.6 Å². The van der Waals surface area contributed by atoms with E-state index < -0.39 is 10.0 Å². The highest BCUT2D eigenvalue weighted by Gasteiger charge is 2.23. The van der Waals surface area contributed by atoms with Crippen molar-refractivity contribution in [1.82, 2.24) is 0 Å². The van der Waals surface area contributed by atoms with Gasteiger partial charge >= 0.3 is 0 Å². The zero-order chi connectivity index (χ0) is 14.8. The molecule has 0 aliphatic heterocycles. The monoisotopic (exact) mass is 291 g/mol. The average molecular weight is 291 g/mol. The predicted octanol–water partition coefficient (Wildman–Crippen LogP) is 2.92. The minimum atomic E-state index is -3.62. The summed E-state index contributed by atoms with van der Waals surface area (Å²) in [5, 5.41) is 9.26. The summed E-state index contributed by atoms with van der Waals surface area (Å²) < 4.78 is 26.6. The highest BCUT2D eigenvalue weighted by atomic mass is 32.2. The first-order valence-corrected chi connectivity index (χ1v) is 7.77. The van der Waals surface area contributed by atoms with Crippen LogP contribution in [0.3, 0.4) is 0 Å². The molecule has 106 valence electrons. The molecule has 4 nitrogen and oxygen atoms in total. The van der Waals surface area contributed by atoms with Crippen LogP contribution >= 0.6 is 0 Å².